The molecule has 3 fully saturated rings. The molecule has 3 rings (SSSR count). The quantitative estimate of drug-likeness (QED) is 0.347. The first-order chi connectivity index (χ1) is 12.8. The van der Waals surface area contributed by atoms with Gasteiger partial charge in [0.1, 0.15) is 5.60 Å². The molecular weight excluding hydrogens is 471 g/mol. The van der Waals surface area contributed by atoms with Crippen molar-refractivity contribution in [1.82, 2.24) is 15.5 Å². The number of nitrogens with one attached hydrogen (secondary N) is 2. The van der Waals surface area contributed by atoms with Gasteiger partial charge in [0.2, 0.25) is 0 Å². The van der Waals surface area contributed by atoms with Crippen molar-refractivity contribution in [3.8, 4) is 0 Å². The average molecular weight is 508 g/mol. The first-order valence-electron chi connectivity index (χ1n) is 10.4. The second-order valence-electron chi connectivity index (χ2n) is 9.09. The predicted molar refractivity (Wildman–Crippen MR) is 121 cm³/mol. The standard InChI is InChI=1S/C20H36N4O3.HI/c1-6-26-16-12-15(20(16)9-7-10-20)23-17(21-5)24-11-8-14(13-24)22-18(25)27-19(2,3)4;/h14-16H,6-13H2,1-5H3,(H,21,23)(H,22,25);1H. The van der Waals surface area contributed by atoms with E-state index in [2.05, 4.69) is 27.4 Å². The monoisotopic (exact) mass is 508 g/mol. The van der Waals surface area contributed by atoms with E-state index >= 15 is 0 Å². The first-order valence-corrected chi connectivity index (χ1v) is 10.4. The normalized spacial score (nSPS) is 28.8. The number of likely N-dealkylation sites (tertiary alicyclic amines) is 1. The number of nitrogens with zero attached hydrogens (tertiary/aromatic N) is 2. The van der Waals surface area contributed by atoms with Gasteiger partial charge in [-0.15, -0.1) is 24.0 Å². The third-order valence-electron chi connectivity index (χ3n) is 6.16. The van der Waals surface area contributed by atoms with E-state index in [9.17, 15) is 4.79 Å². The molecular formula is C20H37IN4O3. The number of guanidine groups is 1. The number of amides is 1. The van der Waals surface area contributed by atoms with Crippen LogP contribution in [0.2, 0.25) is 0 Å². The minimum atomic E-state index is -0.474. The van der Waals surface area contributed by atoms with E-state index in [0.29, 0.717) is 17.6 Å². The van der Waals surface area contributed by atoms with Gasteiger partial charge in [0.25, 0.3) is 0 Å². The number of rotatable bonds is 4. The number of alkyl carbamates (subject to hydrolysis) is 1. The molecule has 0 aromatic heterocycles. The zero-order chi connectivity index (χ0) is 19.7. The summed E-state index contributed by atoms with van der Waals surface area (Å²) in [7, 11) is 1.84. The van der Waals surface area contributed by atoms with Crippen molar-refractivity contribution in [3.05, 3.63) is 0 Å². The van der Waals surface area contributed by atoms with Gasteiger partial charge < -0.3 is 25.0 Å². The highest BCUT2D eigenvalue weighted by molar-refractivity contribution is 14.0. The van der Waals surface area contributed by atoms with E-state index in [1.165, 1.54) is 19.3 Å². The summed E-state index contributed by atoms with van der Waals surface area (Å²) >= 11 is 0. The van der Waals surface area contributed by atoms with Crippen LogP contribution in [0.15, 0.2) is 4.99 Å². The highest BCUT2D eigenvalue weighted by atomic mass is 127. The van der Waals surface area contributed by atoms with Crippen molar-refractivity contribution in [1.29, 1.82) is 0 Å². The Kier molecular flexibility index (Phi) is 7.86. The topological polar surface area (TPSA) is 75.2 Å². The molecule has 7 nitrogen and oxygen atoms in total. The second kappa shape index (κ2) is 9.36. The van der Waals surface area contributed by atoms with E-state index < -0.39 is 5.60 Å². The van der Waals surface area contributed by atoms with Gasteiger partial charge in [-0.25, -0.2) is 4.79 Å². The maximum Gasteiger partial charge on any atom is 0.407 e. The van der Waals surface area contributed by atoms with Crippen LogP contribution in [-0.4, -0.2) is 67.5 Å². The van der Waals surface area contributed by atoms with E-state index in [-0.39, 0.29) is 36.1 Å². The summed E-state index contributed by atoms with van der Waals surface area (Å²) in [6, 6.07) is 0.535. The third kappa shape index (κ3) is 5.04. The van der Waals surface area contributed by atoms with Crippen molar-refractivity contribution >= 4 is 36.0 Å². The number of carbonyl (C=O) groups is 1. The molecule has 0 aromatic carbocycles. The van der Waals surface area contributed by atoms with Crippen LogP contribution < -0.4 is 10.6 Å². The Hall–Kier alpha value is -0.770. The lowest BCUT2D eigenvalue weighted by Gasteiger charge is -2.61. The fourth-order valence-corrected chi connectivity index (χ4v) is 4.64. The van der Waals surface area contributed by atoms with Crippen LogP contribution >= 0.6 is 24.0 Å². The van der Waals surface area contributed by atoms with E-state index in [0.717, 1.165) is 38.5 Å². The van der Waals surface area contributed by atoms with Crippen LogP contribution in [0.5, 0.6) is 0 Å². The van der Waals surface area contributed by atoms with E-state index in [4.69, 9.17) is 9.47 Å². The SMILES string of the molecule is CCOC1CC(NC(=NC)N2CCC(NC(=O)OC(C)(C)C)C2)C12CCC2.I. The molecule has 1 amide bonds. The number of halogens is 1. The van der Waals surface area contributed by atoms with Crippen LogP contribution in [0.25, 0.3) is 0 Å². The van der Waals surface area contributed by atoms with Gasteiger partial charge in [0, 0.05) is 38.2 Å². The highest BCUT2D eigenvalue weighted by Crippen LogP contribution is 2.57. The third-order valence-corrected chi connectivity index (χ3v) is 6.16. The Labute approximate surface area is 186 Å². The zero-order valence-corrected chi connectivity index (χ0v) is 20.2. The Bertz CT molecular complexity index is 574. The highest BCUT2D eigenvalue weighted by Gasteiger charge is 2.59. The van der Waals surface area contributed by atoms with Gasteiger partial charge in [-0.2, -0.15) is 0 Å². The second-order valence-corrected chi connectivity index (χ2v) is 9.09. The molecule has 1 saturated heterocycles. The summed E-state index contributed by atoms with van der Waals surface area (Å²) in [5.41, 5.74) is -0.168. The van der Waals surface area contributed by atoms with Gasteiger partial charge in [-0.1, -0.05) is 6.42 Å². The fraction of sp³-hybridized carbons (Fsp3) is 0.900. The summed E-state index contributed by atoms with van der Waals surface area (Å²) in [6.45, 7) is 10.1. The van der Waals surface area contributed by atoms with Gasteiger partial charge in [0.05, 0.1) is 12.1 Å². The smallest absolute Gasteiger partial charge is 0.407 e. The van der Waals surface area contributed by atoms with Crippen molar-refractivity contribution in [2.75, 3.05) is 26.7 Å². The maximum atomic E-state index is 12.0. The molecule has 3 aliphatic rings. The van der Waals surface area contributed by atoms with Crippen molar-refractivity contribution < 1.29 is 14.3 Å². The number of aliphatic imine (C=N–C) groups is 1. The fourth-order valence-electron chi connectivity index (χ4n) is 4.64. The van der Waals surface area contributed by atoms with Crippen LogP contribution in [0.1, 0.15) is 59.8 Å². The molecule has 8 heteroatoms. The summed E-state index contributed by atoms with van der Waals surface area (Å²) < 4.78 is 11.3. The summed E-state index contributed by atoms with van der Waals surface area (Å²) in [4.78, 5) is 18.8. The lowest BCUT2D eigenvalue weighted by atomic mass is 9.51. The molecule has 2 saturated carbocycles. The summed E-state index contributed by atoms with van der Waals surface area (Å²) in [5, 5.41) is 6.67. The molecule has 0 radical (unpaired) electrons. The van der Waals surface area contributed by atoms with Gasteiger partial charge in [-0.05, 0) is 53.4 Å². The number of ether oxygens (including phenoxy) is 2. The molecule has 3 atom stereocenters. The largest absolute Gasteiger partial charge is 0.444 e. The molecule has 1 heterocycles. The average Bonchev–Trinajstić information content (AvgIpc) is 2.94. The Balaban J connectivity index is 0.00000280. The summed E-state index contributed by atoms with van der Waals surface area (Å²) in [6.07, 6.45) is 5.80. The molecule has 3 unspecified atom stereocenters. The molecule has 1 spiro atoms. The Morgan fingerprint density at radius 3 is 2.54 bits per heavy atom. The molecule has 162 valence electrons. The van der Waals surface area contributed by atoms with Gasteiger partial charge in [0.15, 0.2) is 5.96 Å². The van der Waals surface area contributed by atoms with Crippen molar-refractivity contribution in [3.63, 3.8) is 0 Å². The van der Waals surface area contributed by atoms with Crippen LogP contribution in [-0.2, 0) is 9.47 Å². The van der Waals surface area contributed by atoms with E-state index in [1.54, 1.807) is 0 Å². The molecule has 2 N–H and O–H groups in total. The Morgan fingerprint density at radius 1 is 1.29 bits per heavy atom. The van der Waals surface area contributed by atoms with Crippen LogP contribution in [0.4, 0.5) is 4.79 Å². The zero-order valence-electron chi connectivity index (χ0n) is 17.9. The molecule has 1 aliphatic heterocycles. The van der Waals surface area contributed by atoms with Gasteiger partial charge in [-0.3, -0.25) is 4.99 Å². The van der Waals surface area contributed by atoms with Gasteiger partial charge >= 0.3 is 6.09 Å². The maximum absolute atomic E-state index is 12.0. The van der Waals surface area contributed by atoms with E-state index in [1.807, 2.05) is 27.8 Å². The molecule has 0 bridgehead atoms. The van der Waals surface area contributed by atoms with Crippen LogP contribution in [0.3, 0.4) is 0 Å². The van der Waals surface area contributed by atoms with Crippen molar-refractivity contribution in [2.45, 2.75) is 83.6 Å². The predicted octanol–water partition coefficient (Wildman–Crippen LogP) is 3.13. The first kappa shape index (κ1) is 23.5. The Morgan fingerprint density at radius 2 is 2.00 bits per heavy atom. The summed E-state index contributed by atoms with van der Waals surface area (Å²) in [5.74, 6) is 0.940. The minimum absolute atomic E-state index is 0. The lowest BCUT2D eigenvalue weighted by Crippen LogP contribution is -2.68. The molecule has 28 heavy (non-hydrogen) atoms. The molecule has 2 aliphatic carbocycles. The molecule has 0 aromatic rings. The number of hydrogen-bond acceptors (Lipinski definition) is 4. The minimum Gasteiger partial charge on any atom is -0.444 e. The number of hydrogen-bond donors (Lipinski definition) is 2. The lowest BCUT2D eigenvalue weighted by molar-refractivity contribution is -0.168. The van der Waals surface area contributed by atoms with Crippen molar-refractivity contribution in [2.24, 2.45) is 10.4 Å². The van der Waals surface area contributed by atoms with Crippen LogP contribution in [0, 0.1) is 5.41 Å². The number of carbonyl (C=O) groups excluding carboxylic acids is 1.